The first-order valence-electron chi connectivity index (χ1n) is 4.73. The van der Waals surface area contributed by atoms with E-state index in [2.05, 4.69) is 29.6 Å². The number of rotatable bonds is 2. The second-order valence-electron chi connectivity index (χ2n) is 3.97. The van der Waals surface area contributed by atoms with Crippen molar-refractivity contribution in [2.45, 2.75) is 29.6 Å². The van der Waals surface area contributed by atoms with Crippen LogP contribution in [0.1, 0.15) is 0 Å². The fourth-order valence-corrected chi connectivity index (χ4v) is 0.136. The van der Waals surface area contributed by atoms with Crippen LogP contribution < -0.4 is 10.2 Å². The second kappa shape index (κ2) is 15.3. The molecule has 0 rings (SSSR count). The van der Waals surface area contributed by atoms with Gasteiger partial charge in [-0.25, -0.2) is 0 Å². The van der Waals surface area contributed by atoms with Crippen molar-refractivity contribution in [3.63, 3.8) is 0 Å². The van der Waals surface area contributed by atoms with Crippen LogP contribution in [0.5, 0.6) is 0 Å². The molecule has 92 valence electrons. The third-order valence-electron chi connectivity index (χ3n) is 0.355. The van der Waals surface area contributed by atoms with Crippen molar-refractivity contribution in [3.8, 4) is 0 Å². The summed E-state index contributed by atoms with van der Waals surface area (Å²) in [5.74, 6) is -3.09. The molecule has 0 aromatic rings. The summed E-state index contributed by atoms with van der Waals surface area (Å²) in [6.07, 6.45) is 0.769. The fourth-order valence-electron chi connectivity index (χ4n) is 0.136. The minimum absolute atomic E-state index is 0.384. The van der Waals surface area contributed by atoms with Crippen LogP contribution in [0.15, 0.2) is 12.2 Å². The van der Waals surface area contributed by atoms with Gasteiger partial charge in [-0.1, -0.05) is 0 Å². The predicted molar refractivity (Wildman–Crippen MR) is 65.8 cm³/mol. The van der Waals surface area contributed by atoms with Crippen LogP contribution in [0.25, 0.3) is 0 Å². The summed E-state index contributed by atoms with van der Waals surface area (Å²) in [7, 11) is 0. The van der Waals surface area contributed by atoms with Crippen molar-refractivity contribution in [2.24, 2.45) is 0 Å². The van der Waals surface area contributed by atoms with Gasteiger partial charge < -0.3 is 19.8 Å². The first kappa shape index (κ1) is 21.6. The van der Waals surface area contributed by atoms with Gasteiger partial charge in [0.15, 0.2) is 0 Å². The molecule has 0 amide bonds. The number of aliphatic carboxylic acids is 2. The molecule has 0 spiro atoms. The molecule has 4 nitrogen and oxygen atoms in total. The van der Waals surface area contributed by atoms with E-state index in [0.717, 1.165) is 0 Å². The molecule has 0 aromatic heterocycles. The van der Waals surface area contributed by atoms with E-state index >= 15 is 0 Å². The molecule has 0 aromatic carbocycles. The average molecular weight is 442 g/mol. The van der Waals surface area contributed by atoms with E-state index in [4.69, 9.17) is 0 Å². The quantitative estimate of drug-likeness (QED) is 0.438. The Kier molecular flexibility index (Phi) is 20.6. The van der Waals surface area contributed by atoms with Crippen LogP contribution in [0.4, 0.5) is 0 Å². The van der Waals surface area contributed by atoms with E-state index in [1.54, 1.807) is 0 Å². The van der Waals surface area contributed by atoms with Crippen molar-refractivity contribution in [2.75, 3.05) is 0 Å². The van der Waals surface area contributed by atoms with Crippen LogP contribution in [0.2, 0.25) is 29.6 Å². The summed E-state index contributed by atoms with van der Waals surface area (Å²) in [5, 5.41) is 18.8. The topological polar surface area (TPSA) is 80.3 Å². The zero-order valence-electron chi connectivity index (χ0n) is 10.8. The summed E-state index contributed by atoms with van der Waals surface area (Å²) >= 11 is -1.09. The summed E-state index contributed by atoms with van der Waals surface area (Å²) in [5.41, 5.74) is 0. The summed E-state index contributed by atoms with van der Waals surface area (Å²) in [4.78, 5) is 33.0. The first-order chi connectivity index (χ1) is 7.09. The molecular formula is C10H20O4Sn2. The third-order valence-corrected chi connectivity index (χ3v) is 0.355. The zero-order valence-corrected chi connectivity index (χ0v) is 16.5. The minimum atomic E-state index is -1.55. The maximum atomic E-state index is 9.41. The van der Waals surface area contributed by atoms with Crippen molar-refractivity contribution < 1.29 is 19.8 Å². The van der Waals surface area contributed by atoms with Gasteiger partial charge in [-0.3, -0.25) is 0 Å². The fraction of sp³-hybridized carbons (Fsp3) is 0.600. The molecule has 0 aliphatic rings. The SMILES string of the molecule is O=C([O-])/C=C\C(=O)[O-].[CH3][Sn+]([CH3])[CH3].[CH3][Sn+]([CH3])[CH3]. The van der Waals surface area contributed by atoms with E-state index in [1.165, 1.54) is 0 Å². The van der Waals surface area contributed by atoms with Gasteiger partial charge in [0.2, 0.25) is 0 Å². The number of carboxylic acids is 2. The average Bonchev–Trinajstić information content (AvgIpc) is 1.98. The van der Waals surface area contributed by atoms with Crippen LogP contribution in [-0.2, 0) is 9.59 Å². The van der Waals surface area contributed by atoms with Gasteiger partial charge in [0.25, 0.3) is 0 Å². The Morgan fingerprint density at radius 2 is 0.875 bits per heavy atom. The van der Waals surface area contributed by atoms with E-state index in [9.17, 15) is 19.8 Å². The van der Waals surface area contributed by atoms with E-state index in [-0.39, 0.29) is 0 Å². The van der Waals surface area contributed by atoms with Gasteiger partial charge in [0.05, 0.1) is 11.9 Å². The Bertz CT molecular complexity index is 185. The Labute approximate surface area is 112 Å². The molecule has 0 atom stereocenters. The molecule has 0 aliphatic carbocycles. The molecule has 0 fully saturated rings. The molecule has 0 heterocycles. The molecule has 0 N–H and O–H groups in total. The first-order valence-corrected chi connectivity index (χ1v) is 21.9. The number of hydrogen-bond acceptors (Lipinski definition) is 4. The normalized spacial score (nSPS) is 8.12. The van der Waals surface area contributed by atoms with Crippen LogP contribution in [0, 0.1) is 0 Å². The molecule has 0 bridgehead atoms. The van der Waals surface area contributed by atoms with Gasteiger partial charge >= 0.3 is 69.2 Å². The standard InChI is InChI=1S/C4H4O4.6CH3.2Sn/c5-3(6)1-2-4(7)8;;;;;;;;/h1-2H,(H,5,6)(H,7,8);6*1H3;;/q;;;;;;;2*+1/p-2/b2-1-;;;;;;;;. The molecule has 6 heteroatoms. The Balaban J connectivity index is -0.000000179. The van der Waals surface area contributed by atoms with Gasteiger partial charge in [0.1, 0.15) is 0 Å². The van der Waals surface area contributed by atoms with Gasteiger partial charge in [-0.2, -0.15) is 0 Å². The Hall–Kier alpha value is 0.277. The molecule has 16 heavy (non-hydrogen) atoms. The predicted octanol–water partition coefficient (Wildman–Crippen LogP) is -0.216. The molecule has 0 unspecified atom stereocenters. The Morgan fingerprint density at radius 1 is 0.750 bits per heavy atom. The number of hydrogen-bond donors (Lipinski definition) is 0. The maximum absolute atomic E-state index is 9.41. The molecule has 0 saturated carbocycles. The van der Waals surface area contributed by atoms with Crippen LogP contribution in [0.3, 0.4) is 0 Å². The van der Waals surface area contributed by atoms with Crippen molar-refractivity contribution in [1.29, 1.82) is 0 Å². The van der Waals surface area contributed by atoms with Crippen molar-refractivity contribution in [1.82, 2.24) is 0 Å². The molecule has 0 aliphatic heterocycles. The second-order valence-corrected chi connectivity index (χ2v) is 21.1. The molecular weight excluding hydrogens is 422 g/mol. The van der Waals surface area contributed by atoms with Gasteiger partial charge in [-0.05, 0) is 12.2 Å². The van der Waals surface area contributed by atoms with E-state index in [0.29, 0.717) is 12.2 Å². The summed E-state index contributed by atoms with van der Waals surface area (Å²) in [6, 6.07) is 0. The third kappa shape index (κ3) is 90.4. The Morgan fingerprint density at radius 3 is 0.938 bits per heavy atom. The number of carbonyl (C=O) groups is 2. The summed E-state index contributed by atoms with van der Waals surface area (Å²) in [6.45, 7) is 0. The van der Waals surface area contributed by atoms with Crippen LogP contribution in [-0.4, -0.2) is 51.5 Å². The van der Waals surface area contributed by atoms with Crippen molar-refractivity contribution >= 4 is 51.5 Å². The zero-order chi connectivity index (χ0) is 13.7. The molecule has 0 saturated heterocycles. The van der Waals surface area contributed by atoms with Crippen molar-refractivity contribution in [3.05, 3.63) is 12.2 Å². The summed E-state index contributed by atoms with van der Waals surface area (Å²) < 4.78 is 0. The van der Waals surface area contributed by atoms with E-state index in [1.807, 2.05) is 0 Å². The monoisotopic (exact) mass is 444 g/mol. The van der Waals surface area contributed by atoms with Crippen LogP contribution >= 0.6 is 0 Å². The molecule has 0 radical (unpaired) electrons. The van der Waals surface area contributed by atoms with Gasteiger partial charge in [-0.15, -0.1) is 0 Å². The number of carbonyl (C=O) groups excluding carboxylic acids is 2. The van der Waals surface area contributed by atoms with E-state index < -0.39 is 51.5 Å². The number of carboxylic acid groups (broad SMARTS) is 2. The van der Waals surface area contributed by atoms with Gasteiger partial charge in [0, 0.05) is 0 Å².